The second-order valence-electron chi connectivity index (χ2n) is 6.31. The monoisotopic (exact) mass is 313 g/mol. The molecule has 0 atom stereocenters. The van der Waals surface area contributed by atoms with Gasteiger partial charge in [0, 0.05) is 6.42 Å². The first kappa shape index (κ1) is 16.2. The molecule has 0 spiro atoms. The van der Waals surface area contributed by atoms with Crippen LogP contribution in [-0.2, 0) is 6.42 Å². The Hall–Kier alpha value is -2.67. The van der Waals surface area contributed by atoms with Gasteiger partial charge >= 0.3 is 0 Å². The van der Waals surface area contributed by atoms with Gasteiger partial charge in [0.05, 0.1) is 11.4 Å². The van der Waals surface area contributed by atoms with Crippen molar-refractivity contribution in [3.8, 4) is 0 Å². The van der Waals surface area contributed by atoms with E-state index in [9.17, 15) is 0 Å². The average Bonchev–Trinajstić information content (AvgIpc) is 2.59. The van der Waals surface area contributed by atoms with Crippen molar-refractivity contribution in [3.05, 3.63) is 101 Å². The maximum atomic E-state index is 5.01. The molecule has 3 aromatic rings. The van der Waals surface area contributed by atoms with E-state index >= 15 is 0 Å². The molecule has 0 saturated carbocycles. The zero-order chi connectivity index (χ0) is 16.9. The molecule has 0 N–H and O–H groups in total. The van der Waals surface area contributed by atoms with Crippen molar-refractivity contribution in [1.29, 1.82) is 0 Å². The molecule has 0 fully saturated rings. The summed E-state index contributed by atoms with van der Waals surface area (Å²) in [6, 6.07) is 25.5. The van der Waals surface area contributed by atoms with E-state index < -0.39 is 0 Å². The molecule has 0 radical (unpaired) electrons. The highest BCUT2D eigenvalue weighted by Gasteiger charge is 2.08. The van der Waals surface area contributed by atoms with Crippen LogP contribution in [0.5, 0.6) is 0 Å². The van der Waals surface area contributed by atoms with E-state index in [4.69, 9.17) is 4.99 Å². The summed E-state index contributed by atoms with van der Waals surface area (Å²) in [6.07, 6.45) is 0.831. The molecule has 0 amide bonds. The lowest BCUT2D eigenvalue weighted by atomic mass is 9.98. The lowest BCUT2D eigenvalue weighted by molar-refractivity contribution is 1.27. The molecule has 120 valence electrons. The van der Waals surface area contributed by atoms with Crippen LogP contribution in [0.3, 0.4) is 0 Å². The van der Waals surface area contributed by atoms with Crippen molar-refractivity contribution in [1.82, 2.24) is 0 Å². The van der Waals surface area contributed by atoms with Gasteiger partial charge in [-0.3, -0.25) is 4.99 Å². The molecule has 0 saturated heterocycles. The fraction of sp³-hybridized carbons (Fsp3) is 0.174. The third-order valence-corrected chi connectivity index (χ3v) is 4.43. The summed E-state index contributed by atoms with van der Waals surface area (Å²) in [5, 5.41) is 0. The fourth-order valence-electron chi connectivity index (χ4n) is 2.75. The lowest BCUT2D eigenvalue weighted by Gasteiger charge is -2.11. The van der Waals surface area contributed by atoms with Crippen LogP contribution in [0.4, 0.5) is 5.69 Å². The Labute approximate surface area is 144 Å². The van der Waals surface area contributed by atoms with Crippen molar-refractivity contribution in [2.45, 2.75) is 27.2 Å². The minimum absolute atomic E-state index is 0.831. The van der Waals surface area contributed by atoms with E-state index in [1.807, 2.05) is 6.07 Å². The third kappa shape index (κ3) is 3.80. The van der Waals surface area contributed by atoms with E-state index in [1.165, 1.54) is 27.8 Å². The molecule has 0 aromatic heterocycles. The van der Waals surface area contributed by atoms with Crippen LogP contribution in [0, 0.1) is 20.8 Å². The quantitative estimate of drug-likeness (QED) is 0.526. The second-order valence-corrected chi connectivity index (χ2v) is 6.31. The van der Waals surface area contributed by atoms with Crippen LogP contribution >= 0.6 is 0 Å². The molecule has 0 aliphatic rings. The average molecular weight is 313 g/mol. The summed E-state index contributed by atoms with van der Waals surface area (Å²) >= 11 is 0. The van der Waals surface area contributed by atoms with Gasteiger partial charge in [-0.25, -0.2) is 0 Å². The van der Waals surface area contributed by atoms with E-state index in [1.54, 1.807) is 0 Å². The van der Waals surface area contributed by atoms with Gasteiger partial charge in [0.25, 0.3) is 0 Å². The predicted molar refractivity (Wildman–Crippen MR) is 103 cm³/mol. The first-order chi connectivity index (χ1) is 11.6. The molecule has 0 heterocycles. The molecule has 0 aliphatic carbocycles. The molecule has 1 nitrogen and oxygen atoms in total. The Morgan fingerprint density at radius 3 is 2.12 bits per heavy atom. The van der Waals surface area contributed by atoms with E-state index in [-0.39, 0.29) is 0 Å². The Morgan fingerprint density at radius 2 is 1.42 bits per heavy atom. The number of aryl methyl sites for hydroxylation is 3. The minimum atomic E-state index is 0.831. The van der Waals surface area contributed by atoms with E-state index in [0.29, 0.717) is 0 Å². The zero-order valence-electron chi connectivity index (χ0n) is 14.6. The number of para-hydroxylation sites is 1. The molecule has 0 unspecified atom stereocenters. The van der Waals surface area contributed by atoms with Crippen LogP contribution in [0.2, 0.25) is 0 Å². The standard InChI is InChI=1S/C23H23N/c1-17-13-14-21(15-19(17)3)23(16-20-10-5-4-6-11-20)24-22-12-8-7-9-18(22)2/h4-15H,16H2,1-3H3/b24-23+. The molecule has 3 rings (SSSR count). The first-order valence-electron chi connectivity index (χ1n) is 8.38. The highest BCUT2D eigenvalue weighted by molar-refractivity contribution is 6.03. The van der Waals surface area contributed by atoms with Crippen LogP contribution in [0.25, 0.3) is 0 Å². The molecular weight excluding hydrogens is 290 g/mol. The smallest absolute Gasteiger partial charge is 0.0662 e. The Bertz CT molecular complexity index is 860. The third-order valence-electron chi connectivity index (χ3n) is 4.43. The minimum Gasteiger partial charge on any atom is -0.252 e. The van der Waals surface area contributed by atoms with Gasteiger partial charge in [0.1, 0.15) is 0 Å². The molecule has 3 aromatic carbocycles. The molecule has 1 heteroatoms. The van der Waals surface area contributed by atoms with Gasteiger partial charge in [0.2, 0.25) is 0 Å². The lowest BCUT2D eigenvalue weighted by Crippen LogP contribution is -2.06. The summed E-state index contributed by atoms with van der Waals surface area (Å²) in [5.74, 6) is 0. The normalized spacial score (nSPS) is 11.5. The van der Waals surface area contributed by atoms with Gasteiger partial charge in [-0.1, -0.05) is 60.7 Å². The molecular formula is C23H23N. The maximum absolute atomic E-state index is 5.01. The Balaban J connectivity index is 2.06. The summed E-state index contributed by atoms with van der Waals surface area (Å²) in [5.41, 5.74) is 8.45. The number of aliphatic imine (C=N–C) groups is 1. The van der Waals surface area contributed by atoms with Gasteiger partial charge in [0.15, 0.2) is 0 Å². The SMILES string of the molecule is Cc1ccc(/C(Cc2ccccc2)=N/c2ccccc2C)cc1C. The highest BCUT2D eigenvalue weighted by atomic mass is 14.8. The van der Waals surface area contributed by atoms with Gasteiger partial charge < -0.3 is 0 Å². The van der Waals surface area contributed by atoms with Crippen molar-refractivity contribution < 1.29 is 0 Å². The largest absolute Gasteiger partial charge is 0.252 e. The van der Waals surface area contributed by atoms with Crippen molar-refractivity contribution in [2.24, 2.45) is 4.99 Å². The maximum Gasteiger partial charge on any atom is 0.0662 e. The molecule has 0 aliphatic heterocycles. The summed E-state index contributed by atoms with van der Waals surface area (Å²) in [6.45, 7) is 6.42. The van der Waals surface area contributed by atoms with Crippen LogP contribution in [0.15, 0.2) is 77.8 Å². The zero-order valence-corrected chi connectivity index (χ0v) is 14.6. The van der Waals surface area contributed by atoms with Crippen LogP contribution in [0.1, 0.15) is 27.8 Å². The Kier molecular flexibility index (Phi) is 4.90. The number of rotatable bonds is 4. The number of hydrogen-bond acceptors (Lipinski definition) is 1. The fourth-order valence-corrected chi connectivity index (χ4v) is 2.75. The van der Waals surface area contributed by atoms with Gasteiger partial charge in [-0.15, -0.1) is 0 Å². The van der Waals surface area contributed by atoms with E-state index in [2.05, 4.69) is 87.5 Å². The van der Waals surface area contributed by atoms with Gasteiger partial charge in [-0.05, 0) is 60.7 Å². The van der Waals surface area contributed by atoms with Gasteiger partial charge in [-0.2, -0.15) is 0 Å². The second kappa shape index (κ2) is 7.27. The predicted octanol–water partition coefficient (Wildman–Crippen LogP) is 5.98. The summed E-state index contributed by atoms with van der Waals surface area (Å²) < 4.78 is 0. The van der Waals surface area contributed by atoms with Crippen molar-refractivity contribution in [2.75, 3.05) is 0 Å². The van der Waals surface area contributed by atoms with Crippen LogP contribution in [-0.4, -0.2) is 5.71 Å². The molecule has 24 heavy (non-hydrogen) atoms. The number of benzene rings is 3. The molecule has 0 bridgehead atoms. The highest BCUT2D eigenvalue weighted by Crippen LogP contribution is 2.21. The van der Waals surface area contributed by atoms with Crippen LogP contribution < -0.4 is 0 Å². The first-order valence-corrected chi connectivity index (χ1v) is 8.38. The number of hydrogen-bond donors (Lipinski definition) is 0. The summed E-state index contributed by atoms with van der Waals surface area (Å²) in [4.78, 5) is 5.01. The van der Waals surface area contributed by atoms with Crippen molar-refractivity contribution >= 4 is 11.4 Å². The summed E-state index contributed by atoms with van der Waals surface area (Å²) in [7, 11) is 0. The van der Waals surface area contributed by atoms with Crippen molar-refractivity contribution in [3.63, 3.8) is 0 Å². The Morgan fingerprint density at radius 1 is 0.708 bits per heavy atom. The van der Waals surface area contributed by atoms with E-state index in [0.717, 1.165) is 17.8 Å². The number of nitrogens with zero attached hydrogens (tertiary/aromatic N) is 1. The topological polar surface area (TPSA) is 12.4 Å².